The van der Waals surface area contributed by atoms with Crippen molar-refractivity contribution in [3.8, 4) is 5.75 Å². The van der Waals surface area contributed by atoms with Gasteiger partial charge in [0.2, 0.25) is 5.91 Å². The van der Waals surface area contributed by atoms with Crippen LogP contribution in [-0.4, -0.2) is 35.4 Å². The lowest BCUT2D eigenvalue weighted by atomic mass is 10.0. The van der Waals surface area contributed by atoms with Crippen molar-refractivity contribution in [2.75, 3.05) is 6.61 Å². The van der Waals surface area contributed by atoms with Gasteiger partial charge in [-0.2, -0.15) is 0 Å². The van der Waals surface area contributed by atoms with E-state index in [1.807, 2.05) is 87.5 Å². The topological polar surface area (TPSA) is 58.6 Å². The lowest BCUT2D eigenvalue weighted by Crippen LogP contribution is -2.53. The van der Waals surface area contributed by atoms with E-state index in [9.17, 15) is 9.59 Å². The zero-order valence-corrected chi connectivity index (χ0v) is 21.3. The van der Waals surface area contributed by atoms with E-state index in [-0.39, 0.29) is 31.0 Å². The minimum absolute atomic E-state index is 0.00326. The molecule has 0 aliphatic rings. The third kappa shape index (κ3) is 7.86. The molecule has 0 spiro atoms. The summed E-state index contributed by atoms with van der Waals surface area (Å²) >= 11 is 6.07. The van der Waals surface area contributed by atoms with Gasteiger partial charge in [-0.1, -0.05) is 79.2 Å². The summed E-state index contributed by atoms with van der Waals surface area (Å²) in [5.41, 5.74) is 2.80. The van der Waals surface area contributed by atoms with Gasteiger partial charge in [0.15, 0.2) is 6.61 Å². The first-order chi connectivity index (χ1) is 16.9. The Bertz CT molecular complexity index is 1100. The lowest BCUT2D eigenvalue weighted by Gasteiger charge is -2.32. The summed E-state index contributed by atoms with van der Waals surface area (Å²) in [4.78, 5) is 28.7. The number of ether oxygens (including phenoxy) is 1. The van der Waals surface area contributed by atoms with E-state index in [1.54, 1.807) is 17.0 Å². The molecule has 0 unspecified atom stereocenters. The zero-order valence-electron chi connectivity index (χ0n) is 20.5. The number of para-hydroxylation sites is 1. The quantitative estimate of drug-likeness (QED) is 0.380. The zero-order chi connectivity index (χ0) is 25.2. The summed E-state index contributed by atoms with van der Waals surface area (Å²) < 4.78 is 5.87. The van der Waals surface area contributed by atoms with E-state index >= 15 is 0 Å². The molecule has 0 radical (unpaired) electrons. The van der Waals surface area contributed by atoms with Gasteiger partial charge in [-0.3, -0.25) is 9.59 Å². The number of amides is 2. The molecule has 0 aliphatic heterocycles. The third-order valence-corrected chi connectivity index (χ3v) is 6.24. The SMILES string of the molecule is CC[C@@H](C)NC(=O)[C@@H](Cc1ccccc1)N(Cc1ccc(Cl)cc1)C(=O)COc1ccccc1C. The molecule has 3 rings (SSSR count). The van der Waals surface area contributed by atoms with Crippen molar-refractivity contribution in [2.24, 2.45) is 0 Å². The Morgan fingerprint density at radius 3 is 2.26 bits per heavy atom. The molecule has 3 aromatic carbocycles. The van der Waals surface area contributed by atoms with Crippen LogP contribution in [0.5, 0.6) is 5.75 Å². The van der Waals surface area contributed by atoms with Gasteiger partial charge in [0.25, 0.3) is 5.91 Å². The number of carbonyl (C=O) groups excluding carboxylic acids is 2. The van der Waals surface area contributed by atoms with Crippen LogP contribution in [0, 0.1) is 6.92 Å². The van der Waals surface area contributed by atoms with Crippen LogP contribution in [0.15, 0.2) is 78.9 Å². The lowest BCUT2D eigenvalue weighted by molar-refractivity contribution is -0.143. The highest BCUT2D eigenvalue weighted by molar-refractivity contribution is 6.30. The predicted molar refractivity (Wildman–Crippen MR) is 141 cm³/mol. The number of carbonyl (C=O) groups is 2. The van der Waals surface area contributed by atoms with Crippen LogP contribution in [0.4, 0.5) is 0 Å². The Morgan fingerprint density at radius 1 is 0.943 bits per heavy atom. The molecule has 184 valence electrons. The highest BCUT2D eigenvalue weighted by Crippen LogP contribution is 2.19. The van der Waals surface area contributed by atoms with Crippen LogP contribution in [0.2, 0.25) is 5.02 Å². The van der Waals surface area contributed by atoms with Crippen molar-refractivity contribution < 1.29 is 14.3 Å². The van der Waals surface area contributed by atoms with Gasteiger partial charge in [-0.15, -0.1) is 0 Å². The standard InChI is InChI=1S/C29H33ClN2O3/c1-4-22(3)31-29(34)26(18-23-11-6-5-7-12-23)32(19-24-14-16-25(30)17-15-24)28(33)20-35-27-13-9-8-10-21(27)2/h5-17,22,26H,4,18-20H2,1-3H3,(H,31,34)/t22-,26-/m1/s1. The maximum atomic E-state index is 13.6. The second-order valence-electron chi connectivity index (χ2n) is 8.73. The highest BCUT2D eigenvalue weighted by Gasteiger charge is 2.31. The van der Waals surface area contributed by atoms with E-state index in [0.717, 1.165) is 23.1 Å². The predicted octanol–water partition coefficient (Wildman–Crippen LogP) is 5.58. The van der Waals surface area contributed by atoms with Crippen LogP contribution in [0.25, 0.3) is 0 Å². The molecule has 0 fully saturated rings. The molecular weight excluding hydrogens is 460 g/mol. The number of aryl methyl sites for hydroxylation is 1. The molecule has 0 heterocycles. The molecule has 2 atom stereocenters. The number of halogens is 1. The molecule has 0 aliphatic carbocycles. The van der Waals surface area contributed by atoms with E-state index in [0.29, 0.717) is 17.2 Å². The van der Waals surface area contributed by atoms with Crippen molar-refractivity contribution in [1.29, 1.82) is 0 Å². The summed E-state index contributed by atoms with van der Waals surface area (Å²) in [6.07, 6.45) is 1.19. The van der Waals surface area contributed by atoms with E-state index < -0.39 is 6.04 Å². The Morgan fingerprint density at radius 2 is 1.60 bits per heavy atom. The molecule has 0 aromatic heterocycles. The van der Waals surface area contributed by atoms with Crippen LogP contribution >= 0.6 is 11.6 Å². The molecule has 0 bridgehead atoms. The molecule has 5 nitrogen and oxygen atoms in total. The second-order valence-corrected chi connectivity index (χ2v) is 9.16. The average molecular weight is 493 g/mol. The molecule has 0 saturated heterocycles. The van der Waals surface area contributed by atoms with Crippen LogP contribution < -0.4 is 10.1 Å². The largest absolute Gasteiger partial charge is 0.484 e. The summed E-state index contributed by atoms with van der Waals surface area (Å²) in [7, 11) is 0. The first-order valence-electron chi connectivity index (χ1n) is 11.9. The van der Waals surface area contributed by atoms with E-state index in [1.165, 1.54) is 0 Å². The van der Waals surface area contributed by atoms with Crippen molar-refractivity contribution in [2.45, 2.75) is 52.2 Å². The van der Waals surface area contributed by atoms with Crippen LogP contribution in [0.1, 0.15) is 37.0 Å². The van der Waals surface area contributed by atoms with Crippen molar-refractivity contribution in [3.63, 3.8) is 0 Å². The van der Waals surface area contributed by atoms with Gasteiger partial charge < -0.3 is 15.0 Å². The van der Waals surface area contributed by atoms with Gasteiger partial charge in [0, 0.05) is 24.0 Å². The first kappa shape index (κ1) is 26.3. The van der Waals surface area contributed by atoms with Crippen molar-refractivity contribution >= 4 is 23.4 Å². The Labute approximate surface area is 213 Å². The van der Waals surface area contributed by atoms with E-state index in [4.69, 9.17) is 16.3 Å². The smallest absolute Gasteiger partial charge is 0.261 e. The second kappa shape index (κ2) is 13.0. The van der Waals surface area contributed by atoms with E-state index in [2.05, 4.69) is 5.32 Å². The van der Waals surface area contributed by atoms with Gasteiger partial charge >= 0.3 is 0 Å². The maximum Gasteiger partial charge on any atom is 0.261 e. The monoisotopic (exact) mass is 492 g/mol. The highest BCUT2D eigenvalue weighted by atomic mass is 35.5. The summed E-state index contributed by atoms with van der Waals surface area (Å²) in [6.45, 7) is 6.01. The molecule has 3 aromatic rings. The Balaban J connectivity index is 1.91. The Hall–Kier alpha value is -3.31. The number of hydrogen-bond donors (Lipinski definition) is 1. The molecule has 6 heteroatoms. The minimum Gasteiger partial charge on any atom is -0.484 e. The first-order valence-corrected chi connectivity index (χ1v) is 12.3. The van der Waals surface area contributed by atoms with Crippen LogP contribution in [-0.2, 0) is 22.6 Å². The van der Waals surface area contributed by atoms with Gasteiger partial charge in [0.1, 0.15) is 11.8 Å². The molecular formula is C29H33ClN2O3. The minimum atomic E-state index is -0.699. The molecule has 35 heavy (non-hydrogen) atoms. The fraction of sp³-hybridized carbons (Fsp3) is 0.310. The number of nitrogens with zero attached hydrogens (tertiary/aromatic N) is 1. The maximum absolute atomic E-state index is 13.6. The number of rotatable bonds is 11. The Kier molecular flexibility index (Phi) is 9.74. The molecule has 1 N–H and O–H groups in total. The number of benzene rings is 3. The van der Waals surface area contributed by atoms with Crippen LogP contribution in [0.3, 0.4) is 0 Å². The van der Waals surface area contributed by atoms with Crippen molar-refractivity contribution in [1.82, 2.24) is 10.2 Å². The van der Waals surface area contributed by atoms with Crippen molar-refractivity contribution in [3.05, 3.63) is 101 Å². The third-order valence-electron chi connectivity index (χ3n) is 5.98. The molecule has 2 amide bonds. The van der Waals surface area contributed by atoms with Gasteiger partial charge in [0.05, 0.1) is 0 Å². The number of hydrogen-bond acceptors (Lipinski definition) is 3. The van der Waals surface area contributed by atoms with Gasteiger partial charge in [-0.25, -0.2) is 0 Å². The average Bonchev–Trinajstić information content (AvgIpc) is 2.87. The summed E-state index contributed by atoms with van der Waals surface area (Å²) in [5, 5.41) is 3.68. The normalized spacial score (nSPS) is 12.5. The fourth-order valence-corrected chi connectivity index (χ4v) is 3.85. The fourth-order valence-electron chi connectivity index (χ4n) is 3.72. The number of nitrogens with one attached hydrogen (secondary N) is 1. The summed E-state index contributed by atoms with van der Waals surface area (Å²) in [5.74, 6) is 0.209. The molecule has 0 saturated carbocycles. The van der Waals surface area contributed by atoms with Gasteiger partial charge in [-0.05, 0) is 55.2 Å². The summed E-state index contributed by atoms with van der Waals surface area (Å²) in [6, 6.07) is 23.9.